The zero-order valence-corrected chi connectivity index (χ0v) is 15.2. The van der Waals surface area contributed by atoms with Crippen molar-refractivity contribution in [2.24, 2.45) is 17.9 Å². The number of aryl methyl sites for hydroxylation is 1. The van der Waals surface area contributed by atoms with E-state index in [1.54, 1.807) is 19.9 Å². The lowest BCUT2D eigenvalue weighted by molar-refractivity contribution is -0.141. The van der Waals surface area contributed by atoms with E-state index in [1.807, 2.05) is 6.07 Å². The molecule has 1 atom stereocenters. The lowest BCUT2D eigenvalue weighted by atomic mass is 9.64. The number of Topliss-reactive ketones (excluding diaryl/α,β-unsaturated/α-hetero) is 1. The Morgan fingerprint density at radius 1 is 1.37 bits per heavy atom. The lowest BCUT2D eigenvalue weighted by Gasteiger charge is -2.38. The third-order valence-electron chi connectivity index (χ3n) is 5.29. The fourth-order valence-corrected chi connectivity index (χ4v) is 4.13. The number of carbonyl (C=O) groups is 2. The van der Waals surface area contributed by atoms with Gasteiger partial charge in [0.25, 0.3) is 5.91 Å². The van der Waals surface area contributed by atoms with E-state index in [9.17, 15) is 28.0 Å². The molecule has 3 rings (SSSR count). The summed E-state index contributed by atoms with van der Waals surface area (Å²) in [6, 6.07) is 2.68. The molecule has 0 saturated carbocycles. The molecule has 0 unspecified atom stereocenters. The van der Waals surface area contributed by atoms with Gasteiger partial charge in [0.2, 0.25) is 0 Å². The summed E-state index contributed by atoms with van der Waals surface area (Å²) in [6.07, 6.45) is -1.96. The number of allylic oxidation sites excluding steroid dienone is 1. The smallest absolute Gasteiger partial charge is 0.336 e. The van der Waals surface area contributed by atoms with E-state index in [0.29, 0.717) is 19.4 Å². The molecule has 1 spiro atoms. The van der Waals surface area contributed by atoms with Crippen LogP contribution in [0.4, 0.5) is 13.2 Å². The average molecular weight is 380 g/mol. The number of amides is 1. The first kappa shape index (κ1) is 19.1. The van der Waals surface area contributed by atoms with Gasteiger partial charge in [0.15, 0.2) is 11.5 Å². The molecule has 0 bridgehead atoms. The molecule has 1 saturated heterocycles. The number of hydrogen-bond acceptors (Lipinski definition) is 4. The third kappa shape index (κ3) is 3.24. The highest BCUT2D eigenvalue weighted by molar-refractivity contribution is 6.03. The summed E-state index contributed by atoms with van der Waals surface area (Å²) in [5.74, 6) is -0.763. The summed E-state index contributed by atoms with van der Waals surface area (Å²) >= 11 is 0. The molecule has 6 nitrogen and oxygen atoms in total. The average Bonchev–Trinajstić information content (AvgIpc) is 3.14. The van der Waals surface area contributed by atoms with Crippen molar-refractivity contribution < 1.29 is 22.8 Å². The Labute approximate surface area is 154 Å². The van der Waals surface area contributed by atoms with E-state index in [1.165, 1.54) is 11.9 Å². The number of alkyl halides is 3. The minimum Gasteiger partial charge on any atom is -0.336 e. The molecule has 27 heavy (non-hydrogen) atoms. The first-order chi connectivity index (χ1) is 12.4. The fourth-order valence-electron chi connectivity index (χ4n) is 4.13. The Kier molecular flexibility index (Phi) is 4.21. The van der Waals surface area contributed by atoms with E-state index in [-0.39, 0.29) is 23.6 Å². The van der Waals surface area contributed by atoms with E-state index in [2.05, 4.69) is 5.10 Å². The molecule has 1 amide bonds. The monoisotopic (exact) mass is 380 g/mol. The quantitative estimate of drug-likeness (QED) is 0.750. The highest BCUT2D eigenvalue weighted by Crippen LogP contribution is 2.48. The maximum absolute atomic E-state index is 12.8. The Balaban J connectivity index is 1.87. The first-order valence-corrected chi connectivity index (χ1v) is 8.47. The number of carbonyl (C=O) groups excluding carboxylic acids is 2. The summed E-state index contributed by atoms with van der Waals surface area (Å²) in [7, 11) is 1.30. The number of rotatable bonds is 1. The third-order valence-corrected chi connectivity index (χ3v) is 5.29. The zero-order chi connectivity index (χ0) is 20.2. The number of nitriles is 1. The number of hydrogen-bond donors (Lipinski definition) is 0. The molecule has 144 valence electrons. The van der Waals surface area contributed by atoms with Gasteiger partial charge in [0, 0.05) is 37.0 Å². The maximum Gasteiger partial charge on any atom is 0.435 e. The van der Waals surface area contributed by atoms with Crippen LogP contribution in [0.3, 0.4) is 0 Å². The number of nitrogens with zero attached hydrogens (tertiary/aromatic N) is 4. The number of halogens is 3. The van der Waals surface area contributed by atoms with Crippen molar-refractivity contribution in [1.29, 1.82) is 5.26 Å². The van der Waals surface area contributed by atoms with Crippen molar-refractivity contribution in [3.63, 3.8) is 0 Å². The largest absolute Gasteiger partial charge is 0.435 e. The Bertz CT molecular complexity index is 891. The van der Waals surface area contributed by atoms with Crippen molar-refractivity contribution in [2.45, 2.75) is 32.9 Å². The van der Waals surface area contributed by atoms with Gasteiger partial charge in [-0.05, 0) is 12.8 Å². The van der Waals surface area contributed by atoms with Crippen LogP contribution < -0.4 is 0 Å². The zero-order valence-electron chi connectivity index (χ0n) is 15.2. The molecule has 1 aromatic heterocycles. The molecule has 0 N–H and O–H groups in total. The molecule has 1 aliphatic heterocycles. The van der Waals surface area contributed by atoms with E-state index < -0.39 is 28.6 Å². The molecule has 9 heteroatoms. The van der Waals surface area contributed by atoms with Crippen LogP contribution in [0.2, 0.25) is 0 Å². The SMILES string of the molecule is Cn1nc(C(F)(F)F)cc1C(=O)N1CC[C@@]2(C=C(C#N)C(=O)C(C)(C)C2)C1. The molecule has 0 radical (unpaired) electrons. The van der Waals surface area contributed by atoms with Gasteiger partial charge in [-0.1, -0.05) is 19.9 Å². The molecule has 0 aromatic carbocycles. The number of aromatic nitrogens is 2. The summed E-state index contributed by atoms with van der Waals surface area (Å²) in [6.45, 7) is 4.12. The minimum absolute atomic E-state index is 0.0837. The van der Waals surface area contributed by atoms with Crippen LogP contribution in [0, 0.1) is 22.2 Å². The predicted molar refractivity (Wildman–Crippen MR) is 88.3 cm³/mol. The van der Waals surface area contributed by atoms with Crippen molar-refractivity contribution in [3.8, 4) is 6.07 Å². The summed E-state index contributed by atoms with van der Waals surface area (Å²) in [4.78, 5) is 26.5. The Morgan fingerprint density at radius 3 is 2.59 bits per heavy atom. The standard InChI is InChI=1S/C18H19F3N4O2/c1-16(2)9-17(7-11(8-22)14(16)26)4-5-25(10-17)15(27)12-6-13(18(19,20)21)23-24(12)3/h6-7H,4-5,9-10H2,1-3H3/t17-/m0/s1. The minimum atomic E-state index is -4.62. The predicted octanol–water partition coefficient (Wildman–Crippen LogP) is 2.72. The Hall–Kier alpha value is -2.63. The molecule has 1 aliphatic carbocycles. The topological polar surface area (TPSA) is 79.0 Å². The molecule has 1 fully saturated rings. The number of likely N-dealkylation sites (tertiary alicyclic amines) is 1. The van der Waals surface area contributed by atoms with Gasteiger partial charge in [-0.25, -0.2) is 0 Å². The molecule has 1 aromatic rings. The second-order valence-electron chi connectivity index (χ2n) is 7.93. The van der Waals surface area contributed by atoms with Crippen LogP contribution in [0.1, 0.15) is 42.9 Å². The van der Waals surface area contributed by atoms with Crippen molar-refractivity contribution in [1.82, 2.24) is 14.7 Å². The first-order valence-electron chi connectivity index (χ1n) is 8.47. The van der Waals surface area contributed by atoms with Crippen LogP contribution in [0.5, 0.6) is 0 Å². The van der Waals surface area contributed by atoms with Gasteiger partial charge in [-0.3, -0.25) is 14.3 Å². The van der Waals surface area contributed by atoms with Gasteiger partial charge in [-0.15, -0.1) is 0 Å². The van der Waals surface area contributed by atoms with E-state index in [4.69, 9.17) is 0 Å². The van der Waals surface area contributed by atoms with Crippen LogP contribution in [0.15, 0.2) is 17.7 Å². The normalized spacial score (nSPS) is 24.9. The van der Waals surface area contributed by atoms with Crippen LogP contribution >= 0.6 is 0 Å². The van der Waals surface area contributed by atoms with Gasteiger partial charge in [-0.2, -0.15) is 23.5 Å². The van der Waals surface area contributed by atoms with Gasteiger partial charge in [0.1, 0.15) is 11.8 Å². The number of ketones is 1. The van der Waals surface area contributed by atoms with Crippen molar-refractivity contribution >= 4 is 11.7 Å². The lowest BCUT2D eigenvalue weighted by Crippen LogP contribution is -2.41. The summed E-state index contributed by atoms with van der Waals surface area (Å²) in [5.41, 5.74) is -2.42. The van der Waals surface area contributed by atoms with Gasteiger partial charge >= 0.3 is 6.18 Å². The second-order valence-corrected chi connectivity index (χ2v) is 7.93. The summed E-state index contributed by atoms with van der Waals surface area (Å²) in [5, 5.41) is 12.6. The van der Waals surface area contributed by atoms with Crippen LogP contribution in [0.25, 0.3) is 0 Å². The van der Waals surface area contributed by atoms with Crippen molar-refractivity contribution in [3.05, 3.63) is 29.1 Å². The summed E-state index contributed by atoms with van der Waals surface area (Å²) < 4.78 is 39.5. The fraction of sp³-hybridized carbons (Fsp3) is 0.556. The van der Waals surface area contributed by atoms with E-state index in [0.717, 1.165) is 10.7 Å². The highest BCUT2D eigenvalue weighted by Gasteiger charge is 2.49. The maximum atomic E-state index is 12.8. The van der Waals surface area contributed by atoms with Crippen molar-refractivity contribution in [2.75, 3.05) is 13.1 Å². The van der Waals surface area contributed by atoms with Gasteiger partial charge in [0.05, 0.1) is 5.57 Å². The van der Waals surface area contributed by atoms with Gasteiger partial charge < -0.3 is 4.90 Å². The van der Waals surface area contributed by atoms with Crippen LogP contribution in [-0.2, 0) is 18.0 Å². The molecule has 2 aliphatic rings. The molecular weight excluding hydrogens is 361 g/mol. The second kappa shape index (κ2) is 5.94. The Morgan fingerprint density at radius 2 is 2.04 bits per heavy atom. The molecule has 2 heterocycles. The molecular formula is C18H19F3N4O2. The highest BCUT2D eigenvalue weighted by atomic mass is 19.4. The van der Waals surface area contributed by atoms with E-state index >= 15 is 0 Å². The van der Waals surface area contributed by atoms with Crippen LogP contribution in [-0.4, -0.2) is 39.5 Å².